The third kappa shape index (κ3) is 6.12. The molecule has 3 heteroatoms. The molecular formula is C67H44N2S. The summed E-state index contributed by atoms with van der Waals surface area (Å²) in [6, 6.07) is 98.4. The maximum absolute atomic E-state index is 2.39. The molecular weight excluding hydrogens is 865 g/mol. The molecule has 0 bridgehead atoms. The summed E-state index contributed by atoms with van der Waals surface area (Å²) in [5.41, 5.74) is 19.0. The third-order valence-electron chi connectivity index (χ3n) is 14.7. The quantitative estimate of drug-likeness (QED) is 0.147. The lowest BCUT2D eigenvalue weighted by atomic mass is 9.67. The van der Waals surface area contributed by atoms with E-state index in [0.717, 1.165) is 22.7 Å². The standard InChI is InChI=1S/C67H44N2S/c1-3-17-47(18-4-1)67(48-19-5-2-6-20-48)60-28-11-7-24-59(60)65-53(25-16-29-61(65)67)45-33-37-49(38-34-45)68(50-39-35-46(36-40-50)54-26-15-27-58-57-23-10-14-32-64(57)70-66(54)58)51-41-43-52(44-42-51)69-62-30-12-8-21-55(62)56-22-9-13-31-63(56)69/h1-44H. The number of hydrogen-bond donors (Lipinski definition) is 0. The number of hydrogen-bond acceptors (Lipinski definition) is 2. The van der Waals surface area contributed by atoms with E-state index < -0.39 is 5.41 Å². The fourth-order valence-corrected chi connectivity index (χ4v) is 12.9. The predicted octanol–water partition coefficient (Wildman–Crippen LogP) is 18.3. The smallest absolute Gasteiger partial charge is 0.0713 e. The van der Waals surface area contributed by atoms with Gasteiger partial charge in [-0.25, -0.2) is 0 Å². The number of benzene rings is 11. The number of fused-ring (bicyclic) bond motifs is 9. The third-order valence-corrected chi connectivity index (χ3v) is 15.9. The predicted molar refractivity (Wildman–Crippen MR) is 297 cm³/mol. The van der Waals surface area contributed by atoms with Crippen LogP contribution >= 0.6 is 11.3 Å². The van der Waals surface area contributed by atoms with Gasteiger partial charge in [0, 0.05) is 53.7 Å². The molecule has 14 rings (SSSR count). The number of thiophene rings is 1. The van der Waals surface area contributed by atoms with Crippen molar-refractivity contribution in [3.8, 4) is 39.1 Å². The van der Waals surface area contributed by atoms with Gasteiger partial charge in [0.15, 0.2) is 0 Å². The van der Waals surface area contributed by atoms with E-state index in [0.29, 0.717) is 0 Å². The van der Waals surface area contributed by atoms with Gasteiger partial charge in [-0.15, -0.1) is 11.3 Å². The van der Waals surface area contributed by atoms with Crippen molar-refractivity contribution in [2.45, 2.75) is 5.41 Å². The van der Waals surface area contributed by atoms with Crippen LogP contribution in [-0.4, -0.2) is 4.57 Å². The van der Waals surface area contributed by atoms with E-state index in [-0.39, 0.29) is 0 Å². The average molecular weight is 909 g/mol. The SMILES string of the molecule is c1ccc(C2(c3ccccc3)c3ccccc3-c3c(-c4ccc(N(c5ccc(-c6cccc7c6sc6ccccc67)cc5)c5ccc(-n6c7ccccc7c7ccccc76)cc5)cc4)cccc32)cc1. The van der Waals surface area contributed by atoms with Gasteiger partial charge in [-0.05, 0) is 122 Å². The number of para-hydroxylation sites is 2. The summed E-state index contributed by atoms with van der Waals surface area (Å²) < 4.78 is 5.03. The van der Waals surface area contributed by atoms with Gasteiger partial charge in [0.1, 0.15) is 0 Å². The van der Waals surface area contributed by atoms with Crippen molar-refractivity contribution in [3.63, 3.8) is 0 Å². The Morgan fingerprint density at radius 2 is 0.786 bits per heavy atom. The van der Waals surface area contributed by atoms with E-state index in [9.17, 15) is 0 Å². The Morgan fingerprint density at radius 1 is 0.329 bits per heavy atom. The van der Waals surface area contributed by atoms with E-state index in [1.165, 1.54) is 97.6 Å². The number of rotatable bonds is 8. The largest absolute Gasteiger partial charge is 0.311 e. The molecule has 0 radical (unpaired) electrons. The minimum atomic E-state index is -0.457. The van der Waals surface area contributed by atoms with Crippen LogP contribution in [0.1, 0.15) is 22.3 Å². The highest BCUT2D eigenvalue weighted by Gasteiger charge is 2.46. The van der Waals surface area contributed by atoms with E-state index in [4.69, 9.17) is 0 Å². The monoisotopic (exact) mass is 908 g/mol. The first-order chi connectivity index (χ1) is 34.7. The van der Waals surface area contributed by atoms with Gasteiger partial charge >= 0.3 is 0 Å². The molecule has 2 heterocycles. The zero-order chi connectivity index (χ0) is 46.2. The van der Waals surface area contributed by atoms with Crippen molar-refractivity contribution in [2.24, 2.45) is 0 Å². The maximum atomic E-state index is 2.39. The molecule has 11 aromatic carbocycles. The summed E-state index contributed by atoms with van der Waals surface area (Å²) >= 11 is 1.88. The Morgan fingerprint density at radius 3 is 1.43 bits per heavy atom. The lowest BCUT2D eigenvalue weighted by Gasteiger charge is -2.34. The molecule has 0 saturated heterocycles. The fourth-order valence-electron chi connectivity index (χ4n) is 11.7. The molecule has 0 spiro atoms. The van der Waals surface area contributed by atoms with Gasteiger partial charge in [0.2, 0.25) is 0 Å². The van der Waals surface area contributed by atoms with Crippen molar-refractivity contribution >= 4 is 70.4 Å². The van der Waals surface area contributed by atoms with Crippen molar-refractivity contribution in [1.82, 2.24) is 4.57 Å². The molecule has 1 aliphatic rings. The van der Waals surface area contributed by atoms with Crippen molar-refractivity contribution in [1.29, 1.82) is 0 Å². The second-order valence-corrected chi connectivity index (χ2v) is 19.4. The van der Waals surface area contributed by atoms with E-state index in [1.807, 2.05) is 11.3 Å². The van der Waals surface area contributed by atoms with Crippen molar-refractivity contribution in [3.05, 3.63) is 289 Å². The molecule has 0 N–H and O–H groups in total. The van der Waals surface area contributed by atoms with Gasteiger partial charge in [-0.1, -0.05) is 200 Å². The Bertz CT molecular complexity index is 4000. The van der Waals surface area contributed by atoms with Gasteiger partial charge in [-0.2, -0.15) is 0 Å². The van der Waals surface area contributed by atoms with Crippen LogP contribution in [0.3, 0.4) is 0 Å². The first kappa shape index (κ1) is 40.3. The molecule has 0 amide bonds. The molecule has 328 valence electrons. The Balaban J connectivity index is 0.900. The molecule has 1 aliphatic carbocycles. The molecule has 2 aromatic heterocycles. The highest BCUT2D eigenvalue weighted by Crippen LogP contribution is 2.58. The van der Waals surface area contributed by atoms with Crippen LogP contribution < -0.4 is 4.90 Å². The molecule has 0 unspecified atom stereocenters. The minimum absolute atomic E-state index is 0.457. The van der Waals surface area contributed by atoms with Crippen LogP contribution in [0.2, 0.25) is 0 Å². The van der Waals surface area contributed by atoms with Crippen LogP contribution in [0.5, 0.6) is 0 Å². The molecule has 13 aromatic rings. The van der Waals surface area contributed by atoms with Gasteiger partial charge in [0.05, 0.1) is 16.4 Å². The van der Waals surface area contributed by atoms with Crippen LogP contribution in [-0.2, 0) is 5.41 Å². The van der Waals surface area contributed by atoms with E-state index in [1.54, 1.807) is 0 Å². The summed E-state index contributed by atoms with van der Waals surface area (Å²) in [5, 5.41) is 5.14. The summed E-state index contributed by atoms with van der Waals surface area (Å²) in [4.78, 5) is 2.39. The number of aromatic nitrogens is 1. The summed E-state index contributed by atoms with van der Waals surface area (Å²) in [6.45, 7) is 0. The highest BCUT2D eigenvalue weighted by molar-refractivity contribution is 7.26. The Labute approximate surface area is 411 Å². The Kier molecular flexibility index (Phi) is 9.33. The first-order valence-electron chi connectivity index (χ1n) is 24.1. The number of nitrogens with zero attached hydrogens (tertiary/aromatic N) is 2. The van der Waals surface area contributed by atoms with Crippen LogP contribution in [0, 0.1) is 0 Å². The van der Waals surface area contributed by atoms with E-state index in [2.05, 4.69) is 276 Å². The second kappa shape index (κ2) is 16.2. The van der Waals surface area contributed by atoms with E-state index >= 15 is 0 Å². The van der Waals surface area contributed by atoms with Crippen LogP contribution in [0.25, 0.3) is 81.0 Å². The Hall–Kier alpha value is -8.76. The lowest BCUT2D eigenvalue weighted by molar-refractivity contribution is 0.768. The summed E-state index contributed by atoms with van der Waals surface area (Å²) in [5.74, 6) is 0. The molecule has 0 atom stereocenters. The minimum Gasteiger partial charge on any atom is -0.311 e. The van der Waals surface area contributed by atoms with Crippen LogP contribution in [0.4, 0.5) is 17.1 Å². The molecule has 0 saturated carbocycles. The second-order valence-electron chi connectivity index (χ2n) is 18.4. The zero-order valence-electron chi connectivity index (χ0n) is 38.2. The molecule has 2 nitrogen and oxygen atoms in total. The van der Waals surface area contributed by atoms with Gasteiger partial charge < -0.3 is 9.47 Å². The number of anilines is 3. The van der Waals surface area contributed by atoms with Crippen LogP contribution in [0.15, 0.2) is 267 Å². The zero-order valence-corrected chi connectivity index (χ0v) is 39.0. The fraction of sp³-hybridized carbons (Fsp3) is 0.0149. The lowest BCUT2D eigenvalue weighted by Crippen LogP contribution is -2.28. The first-order valence-corrected chi connectivity index (χ1v) is 24.9. The summed E-state index contributed by atoms with van der Waals surface area (Å²) in [6.07, 6.45) is 0. The topological polar surface area (TPSA) is 8.17 Å². The van der Waals surface area contributed by atoms with Crippen molar-refractivity contribution in [2.75, 3.05) is 4.90 Å². The average Bonchev–Trinajstić information content (AvgIpc) is 4.09. The molecule has 0 aliphatic heterocycles. The van der Waals surface area contributed by atoms with Crippen molar-refractivity contribution < 1.29 is 0 Å². The maximum Gasteiger partial charge on any atom is 0.0713 e. The normalized spacial score (nSPS) is 12.7. The molecule has 70 heavy (non-hydrogen) atoms. The summed E-state index contributed by atoms with van der Waals surface area (Å²) in [7, 11) is 0. The highest BCUT2D eigenvalue weighted by atomic mass is 32.1. The molecule has 0 fully saturated rings. The van der Waals surface area contributed by atoms with Gasteiger partial charge in [0.25, 0.3) is 0 Å². The van der Waals surface area contributed by atoms with Gasteiger partial charge in [-0.3, -0.25) is 0 Å².